The summed E-state index contributed by atoms with van der Waals surface area (Å²) in [6, 6.07) is 7.41. The summed E-state index contributed by atoms with van der Waals surface area (Å²) < 4.78 is 29.5. The predicted octanol–water partition coefficient (Wildman–Crippen LogP) is 2.69. The summed E-state index contributed by atoms with van der Waals surface area (Å²) in [5.41, 5.74) is 5.96. The fourth-order valence-corrected chi connectivity index (χ4v) is 2.11. The number of halogens is 1. The summed E-state index contributed by atoms with van der Waals surface area (Å²) in [5, 5.41) is 3.00. The maximum atomic E-state index is 13.8. The Kier molecular flexibility index (Phi) is 4.90. The highest BCUT2D eigenvalue weighted by Crippen LogP contribution is 2.40. The molecule has 7 heteroatoms. The second-order valence-corrected chi connectivity index (χ2v) is 4.60. The molecule has 0 heterocycles. The standard InChI is InChI=1S/C16H17FN2O4/c1-21-13-7-10(8-14(22-2)15(13)23-3)19-9-4-5-11(16(18)20)12(17)6-9/h4-8,19H,1-3H3,(H2,18,20). The molecule has 0 fully saturated rings. The number of carbonyl (C=O) groups excluding carboxylic acids is 1. The molecular formula is C16H17FN2O4. The van der Waals surface area contributed by atoms with Crippen molar-refractivity contribution in [3.63, 3.8) is 0 Å². The number of hydrogen-bond acceptors (Lipinski definition) is 5. The maximum Gasteiger partial charge on any atom is 0.251 e. The van der Waals surface area contributed by atoms with E-state index in [4.69, 9.17) is 19.9 Å². The van der Waals surface area contributed by atoms with Crippen molar-refractivity contribution in [3.8, 4) is 17.2 Å². The Balaban J connectivity index is 2.36. The van der Waals surface area contributed by atoms with Crippen molar-refractivity contribution in [2.75, 3.05) is 26.6 Å². The fraction of sp³-hybridized carbons (Fsp3) is 0.188. The zero-order valence-electron chi connectivity index (χ0n) is 13.0. The topological polar surface area (TPSA) is 82.8 Å². The molecule has 23 heavy (non-hydrogen) atoms. The lowest BCUT2D eigenvalue weighted by Crippen LogP contribution is -2.13. The zero-order valence-corrected chi connectivity index (χ0v) is 13.0. The van der Waals surface area contributed by atoms with E-state index >= 15 is 0 Å². The molecule has 2 rings (SSSR count). The van der Waals surface area contributed by atoms with Gasteiger partial charge >= 0.3 is 0 Å². The normalized spacial score (nSPS) is 10.1. The number of methoxy groups -OCH3 is 3. The quantitative estimate of drug-likeness (QED) is 0.855. The molecule has 0 aliphatic carbocycles. The van der Waals surface area contributed by atoms with Gasteiger partial charge in [0.2, 0.25) is 5.75 Å². The van der Waals surface area contributed by atoms with Gasteiger partial charge in [0.25, 0.3) is 5.91 Å². The third kappa shape index (κ3) is 3.45. The van der Waals surface area contributed by atoms with Gasteiger partial charge in [-0.05, 0) is 18.2 Å². The van der Waals surface area contributed by atoms with E-state index in [1.54, 1.807) is 18.2 Å². The molecule has 0 saturated heterocycles. The summed E-state index contributed by atoms with van der Waals surface area (Å²) in [6.45, 7) is 0. The van der Waals surface area contributed by atoms with E-state index in [-0.39, 0.29) is 5.56 Å². The molecule has 2 aromatic carbocycles. The molecule has 6 nitrogen and oxygen atoms in total. The number of amides is 1. The molecule has 1 amide bonds. The van der Waals surface area contributed by atoms with Gasteiger partial charge in [0.15, 0.2) is 11.5 Å². The highest BCUT2D eigenvalue weighted by atomic mass is 19.1. The second kappa shape index (κ2) is 6.87. The molecule has 3 N–H and O–H groups in total. The summed E-state index contributed by atoms with van der Waals surface area (Å²) >= 11 is 0. The van der Waals surface area contributed by atoms with E-state index in [9.17, 15) is 9.18 Å². The Morgan fingerprint density at radius 3 is 2.04 bits per heavy atom. The van der Waals surface area contributed by atoms with Crippen molar-refractivity contribution in [3.05, 3.63) is 41.7 Å². The van der Waals surface area contributed by atoms with Crippen molar-refractivity contribution in [1.29, 1.82) is 0 Å². The molecule has 0 radical (unpaired) electrons. The van der Waals surface area contributed by atoms with Crippen LogP contribution in [0.4, 0.5) is 15.8 Å². The van der Waals surface area contributed by atoms with Crippen LogP contribution < -0.4 is 25.3 Å². The van der Waals surface area contributed by atoms with Crippen molar-refractivity contribution in [2.24, 2.45) is 5.73 Å². The minimum Gasteiger partial charge on any atom is -0.493 e. The molecule has 0 saturated carbocycles. The highest BCUT2D eigenvalue weighted by molar-refractivity contribution is 5.93. The average molecular weight is 320 g/mol. The molecule has 0 unspecified atom stereocenters. The van der Waals surface area contributed by atoms with Gasteiger partial charge in [-0.25, -0.2) is 4.39 Å². The van der Waals surface area contributed by atoms with Crippen LogP contribution in [0.15, 0.2) is 30.3 Å². The number of rotatable bonds is 6. The fourth-order valence-electron chi connectivity index (χ4n) is 2.11. The van der Waals surface area contributed by atoms with Crippen LogP contribution in [0.5, 0.6) is 17.2 Å². The average Bonchev–Trinajstić information content (AvgIpc) is 2.53. The number of benzene rings is 2. The van der Waals surface area contributed by atoms with Crippen LogP contribution >= 0.6 is 0 Å². The van der Waals surface area contributed by atoms with Crippen molar-refractivity contribution in [1.82, 2.24) is 0 Å². The third-order valence-corrected chi connectivity index (χ3v) is 3.19. The number of hydrogen-bond donors (Lipinski definition) is 2. The molecule has 2 aromatic rings. The van der Waals surface area contributed by atoms with E-state index in [0.717, 1.165) is 0 Å². The molecule has 0 spiro atoms. The van der Waals surface area contributed by atoms with E-state index < -0.39 is 11.7 Å². The molecule has 0 atom stereocenters. The van der Waals surface area contributed by atoms with E-state index in [1.807, 2.05) is 0 Å². The van der Waals surface area contributed by atoms with Gasteiger partial charge < -0.3 is 25.3 Å². The number of nitrogens with one attached hydrogen (secondary N) is 1. The molecule has 0 aromatic heterocycles. The molecule has 0 aliphatic rings. The van der Waals surface area contributed by atoms with E-state index in [1.165, 1.54) is 33.5 Å². The summed E-state index contributed by atoms with van der Waals surface area (Å²) in [5.74, 6) is -0.139. The summed E-state index contributed by atoms with van der Waals surface area (Å²) in [4.78, 5) is 11.0. The van der Waals surface area contributed by atoms with Gasteiger partial charge in [-0.15, -0.1) is 0 Å². The van der Waals surface area contributed by atoms with Crippen molar-refractivity contribution < 1.29 is 23.4 Å². The molecule has 122 valence electrons. The van der Waals surface area contributed by atoms with E-state index in [2.05, 4.69) is 5.32 Å². The first-order chi connectivity index (χ1) is 11.0. The third-order valence-electron chi connectivity index (χ3n) is 3.19. The number of nitrogens with two attached hydrogens (primary N) is 1. The van der Waals surface area contributed by atoms with Crippen LogP contribution in [0.25, 0.3) is 0 Å². The van der Waals surface area contributed by atoms with Crippen molar-refractivity contribution >= 4 is 17.3 Å². The largest absolute Gasteiger partial charge is 0.493 e. The summed E-state index contributed by atoms with van der Waals surface area (Å²) in [7, 11) is 4.51. The Hall–Kier alpha value is -2.96. The Morgan fingerprint density at radius 1 is 1.00 bits per heavy atom. The second-order valence-electron chi connectivity index (χ2n) is 4.60. The lowest BCUT2D eigenvalue weighted by Gasteiger charge is -2.15. The first-order valence-corrected chi connectivity index (χ1v) is 6.66. The van der Waals surface area contributed by atoms with Crippen LogP contribution in [-0.2, 0) is 0 Å². The molecule has 0 bridgehead atoms. The lowest BCUT2D eigenvalue weighted by molar-refractivity contribution is 0.0996. The monoisotopic (exact) mass is 320 g/mol. The smallest absolute Gasteiger partial charge is 0.251 e. The maximum absolute atomic E-state index is 13.8. The van der Waals surface area contributed by atoms with Gasteiger partial charge in [0, 0.05) is 23.5 Å². The number of anilines is 2. The predicted molar refractivity (Wildman–Crippen MR) is 84.3 cm³/mol. The first kappa shape index (κ1) is 16.4. The first-order valence-electron chi connectivity index (χ1n) is 6.66. The molecule has 0 aliphatic heterocycles. The zero-order chi connectivity index (χ0) is 17.0. The van der Waals surface area contributed by atoms with Crippen molar-refractivity contribution in [2.45, 2.75) is 0 Å². The molecular weight excluding hydrogens is 303 g/mol. The van der Waals surface area contributed by atoms with Gasteiger partial charge in [-0.3, -0.25) is 4.79 Å². The van der Waals surface area contributed by atoms with Crippen LogP contribution in [-0.4, -0.2) is 27.2 Å². The van der Waals surface area contributed by atoms with E-state index in [0.29, 0.717) is 28.6 Å². The number of ether oxygens (including phenoxy) is 3. The van der Waals surface area contributed by atoms with Crippen LogP contribution in [0.1, 0.15) is 10.4 Å². The van der Waals surface area contributed by atoms with Gasteiger partial charge in [0.05, 0.1) is 26.9 Å². The number of primary amides is 1. The van der Waals surface area contributed by atoms with Gasteiger partial charge in [0.1, 0.15) is 5.82 Å². The Morgan fingerprint density at radius 2 is 1.61 bits per heavy atom. The van der Waals surface area contributed by atoms with Gasteiger partial charge in [-0.1, -0.05) is 0 Å². The minimum absolute atomic E-state index is 0.166. The lowest BCUT2D eigenvalue weighted by atomic mass is 10.1. The minimum atomic E-state index is -0.818. The SMILES string of the molecule is COc1cc(Nc2ccc(C(N)=O)c(F)c2)cc(OC)c1OC. The van der Waals surface area contributed by atoms with Gasteiger partial charge in [-0.2, -0.15) is 0 Å². The highest BCUT2D eigenvalue weighted by Gasteiger charge is 2.14. The van der Waals surface area contributed by atoms with Crippen LogP contribution in [0.2, 0.25) is 0 Å². The number of carbonyl (C=O) groups is 1. The Bertz CT molecular complexity index is 709. The van der Waals surface area contributed by atoms with Crippen LogP contribution in [0, 0.1) is 5.82 Å². The van der Waals surface area contributed by atoms with Crippen LogP contribution in [0.3, 0.4) is 0 Å². The summed E-state index contributed by atoms with van der Waals surface area (Å²) in [6.07, 6.45) is 0. The Labute approximate surface area is 133 Å².